The van der Waals surface area contributed by atoms with Gasteiger partial charge in [-0.2, -0.15) is 0 Å². The molecule has 0 aliphatic rings. The zero-order chi connectivity index (χ0) is 24.2. The van der Waals surface area contributed by atoms with E-state index in [1.54, 1.807) is 6.92 Å². The number of hydrogen-bond donors (Lipinski definition) is 0. The van der Waals surface area contributed by atoms with Gasteiger partial charge >= 0.3 is 5.97 Å². The molecular weight excluding hydrogens is 404 g/mol. The average Bonchev–Trinajstić information content (AvgIpc) is 2.81. The molecule has 0 aliphatic carbocycles. The number of carbonyl (C=O) groups is 1. The molecule has 0 heterocycles. The first-order chi connectivity index (χ1) is 16.2. The van der Waals surface area contributed by atoms with Crippen molar-refractivity contribution >= 4 is 5.97 Å². The lowest BCUT2D eigenvalue weighted by Gasteiger charge is -2.05. The van der Waals surface area contributed by atoms with E-state index in [-0.39, 0.29) is 5.97 Å². The van der Waals surface area contributed by atoms with Gasteiger partial charge in [-0.25, -0.2) is 4.79 Å². The van der Waals surface area contributed by atoms with Crippen molar-refractivity contribution in [3.63, 3.8) is 0 Å². The highest BCUT2D eigenvalue weighted by Crippen LogP contribution is 2.15. The van der Waals surface area contributed by atoms with E-state index >= 15 is 0 Å². The molecule has 0 N–H and O–H groups in total. The largest absolute Gasteiger partial charge is 0.462 e. The summed E-state index contributed by atoms with van der Waals surface area (Å²) in [5.41, 5.74) is 0.495. The zero-order valence-corrected chi connectivity index (χ0v) is 22.9. The SMILES string of the molecule is C=C(C)C(=O)OCCCCCCCCCCCCCCCCCCCCCCCCCCC. The normalized spacial score (nSPS) is 11.1. The van der Waals surface area contributed by atoms with E-state index in [1.165, 1.54) is 154 Å². The molecule has 0 rings (SSSR count). The van der Waals surface area contributed by atoms with E-state index in [9.17, 15) is 4.79 Å². The van der Waals surface area contributed by atoms with Crippen LogP contribution in [-0.2, 0) is 9.53 Å². The maximum absolute atomic E-state index is 11.3. The lowest BCUT2D eigenvalue weighted by Crippen LogP contribution is -2.05. The zero-order valence-electron chi connectivity index (χ0n) is 22.9. The molecular formula is C31H60O2. The second-order valence-corrected chi connectivity index (χ2v) is 10.4. The van der Waals surface area contributed by atoms with Crippen molar-refractivity contribution < 1.29 is 9.53 Å². The van der Waals surface area contributed by atoms with E-state index in [0.717, 1.165) is 6.42 Å². The molecule has 0 spiro atoms. The predicted octanol–water partition coefficient (Wildman–Crippen LogP) is 10.9. The van der Waals surface area contributed by atoms with E-state index in [1.807, 2.05) is 0 Å². The topological polar surface area (TPSA) is 26.3 Å². The van der Waals surface area contributed by atoms with Crippen molar-refractivity contribution in [3.05, 3.63) is 12.2 Å². The molecule has 0 atom stereocenters. The molecule has 2 nitrogen and oxygen atoms in total. The van der Waals surface area contributed by atoms with Gasteiger partial charge in [-0.3, -0.25) is 0 Å². The Hall–Kier alpha value is -0.790. The van der Waals surface area contributed by atoms with E-state index < -0.39 is 0 Å². The quantitative estimate of drug-likeness (QED) is 0.0686. The summed E-state index contributed by atoms with van der Waals surface area (Å²) in [6.45, 7) is 8.14. The van der Waals surface area contributed by atoms with Crippen LogP contribution in [0.1, 0.15) is 174 Å². The Morgan fingerprint density at radius 1 is 0.485 bits per heavy atom. The minimum atomic E-state index is -0.251. The van der Waals surface area contributed by atoms with Crippen LogP contribution in [0.4, 0.5) is 0 Å². The molecule has 0 bridgehead atoms. The number of carbonyl (C=O) groups excluding carboxylic acids is 1. The Balaban J connectivity index is 3.05. The highest BCUT2D eigenvalue weighted by Gasteiger charge is 2.01. The number of esters is 1. The molecule has 0 saturated heterocycles. The predicted molar refractivity (Wildman–Crippen MR) is 147 cm³/mol. The summed E-state index contributed by atoms with van der Waals surface area (Å²) in [6, 6.07) is 0. The molecule has 0 aromatic rings. The highest BCUT2D eigenvalue weighted by atomic mass is 16.5. The molecule has 0 aliphatic heterocycles. The van der Waals surface area contributed by atoms with Crippen LogP contribution in [0.2, 0.25) is 0 Å². The molecule has 0 unspecified atom stereocenters. The van der Waals surface area contributed by atoms with E-state index in [0.29, 0.717) is 12.2 Å². The second-order valence-electron chi connectivity index (χ2n) is 10.4. The Bertz CT molecular complexity index is 415. The monoisotopic (exact) mass is 464 g/mol. The van der Waals surface area contributed by atoms with E-state index in [2.05, 4.69) is 13.5 Å². The molecule has 0 aromatic heterocycles. The molecule has 0 fully saturated rings. The van der Waals surface area contributed by atoms with Gasteiger partial charge in [-0.05, 0) is 13.3 Å². The van der Waals surface area contributed by atoms with Gasteiger partial charge in [0.05, 0.1) is 6.61 Å². The maximum atomic E-state index is 11.3. The summed E-state index contributed by atoms with van der Waals surface area (Å²) in [4.78, 5) is 11.3. The molecule has 196 valence electrons. The number of hydrogen-bond acceptors (Lipinski definition) is 2. The number of rotatable bonds is 27. The van der Waals surface area contributed by atoms with Crippen molar-refractivity contribution in [2.24, 2.45) is 0 Å². The van der Waals surface area contributed by atoms with Crippen LogP contribution in [-0.4, -0.2) is 12.6 Å². The van der Waals surface area contributed by atoms with Crippen molar-refractivity contribution in [2.45, 2.75) is 174 Å². The lowest BCUT2D eigenvalue weighted by molar-refractivity contribution is -0.139. The fourth-order valence-corrected chi connectivity index (χ4v) is 4.53. The highest BCUT2D eigenvalue weighted by molar-refractivity contribution is 5.86. The summed E-state index contributed by atoms with van der Waals surface area (Å²) in [7, 11) is 0. The molecule has 33 heavy (non-hydrogen) atoms. The van der Waals surface area contributed by atoms with Gasteiger partial charge in [0.15, 0.2) is 0 Å². The number of unbranched alkanes of at least 4 members (excludes halogenated alkanes) is 24. The minimum absolute atomic E-state index is 0.251. The molecule has 0 aromatic carbocycles. The Morgan fingerprint density at radius 3 is 0.970 bits per heavy atom. The van der Waals surface area contributed by atoms with Gasteiger partial charge in [0.2, 0.25) is 0 Å². The molecule has 0 amide bonds. The van der Waals surface area contributed by atoms with Gasteiger partial charge in [-0.15, -0.1) is 0 Å². The van der Waals surface area contributed by atoms with Crippen molar-refractivity contribution in [3.8, 4) is 0 Å². The first kappa shape index (κ1) is 32.2. The fourth-order valence-electron chi connectivity index (χ4n) is 4.53. The van der Waals surface area contributed by atoms with Crippen molar-refractivity contribution in [1.29, 1.82) is 0 Å². The maximum Gasteiger partial charge on any atom is 0.333 e. The standard InChI is InChI=1S/C31H60O2/c1-4-5-6-7-8-9-10-11-12-13-14-15-16-17-18-19-20-21-22-23-24-25-26-27-28-29-33-31(32)30(2)3/h2,4-29H2,1,3H3. The lowest BCUT2D eigenvalue weighted by atomic mass is 10.0. The van der Waals surface area contributed by atoms with Gasteiger partial charge in [-0.1, -0.05) is 168 Å². The third-order valence-corrected chi connectivity index (χ3v) is 6.83. The van der Waals surface area contributed by atoms with Gasteiger partial charge in [0, 0.05) is 5.57 Å². The van der Waals surface area contributed by atoms with Crippen LogP contribution < -0.4 is 0 Å². The van der Waals surface area contributed by atoms with Crippen molar-refractivity contribution in [2.75, 3.05) is 6.61 Å². The van der Waals surface area contributed by atoms with Crippen LogP contribution >= 0.6 is 0 Å². The fraction of sp³-hybridized carbons (Fsp3) is 0.903. The third-order valence-electron chi connectivity index (χ3n) is 6.83. The van der Waals surface area contributed by atoms with Crippen molar-refractivity contribution in [1.82, 2.24) is 0 Å². The number of ether oxygens (including phenoxy) is 1. The average molecular weight is 465 g/mol. The van der Waals surface area contributed by atoms with Crippen LogP contribution in [0, 0.1) is 0 Å². The smallest absolute Gasteiger partial charge is 0.333 e. The summed E-state index contributed by atoms with van der Waals surface area (Å²) in [6.07, 6.45) is 35.1. The summed E-state index contributed by atoms with van der Waals surface area (Å²) >= 11 is 0. The molecule has 0 radical (unpaired) electrons. The van der Waals surface area contributed by atoms with Gasteiger partial charge in [0.1, 0.15) is 0 Å². The summed E-state index contributed by atoms with van der Waals surface area (Å²) in [5, 5.41) is 0. The van der Waals surface area contributed by atoms with Crippen LogP contribution in [0.3, 0.4) is 0 Å². The summed E-state index contributed by atoms with van der Waals surface area (Å²) in [5.74, 6) is -0.251. The third kappa shape index (κ3) is 27.3. The van der Waals surface area contributed by atoms with Crippen LogP contribution in [0.5, 0.6) is 0 Å². The van der Waals surface area contributed by atoms with Crippen LogP contribution in [0.25, 0.3) is 0 Å². The van der Waals surface area contributed by atoms with E-state index in [4.69, 9.17) is 4.74 Å². The summed E-state index contributed by atoms with van der Waals surface area (Å²) < 4.78 is 5.12. The first-order valence-corrected chi connectivity index (χ1v) is 15.0. The van der Waals surface area contributed by atoms with Gasteiger partial charge < -0.3 is 4.74 Å². The van der Waals surface area contributed by atoms with Gasteiger partial charge in [0.25, 0.3) is 0 Å². The minimum Gasteiger partial charge on any atom is -0.462 e. The second kappa shape index (κ2) is 27.5. The Labute approximate surface area is 208 Å². The molecule has 2 heteroatoms. The first-order valence-electron chi connectivity index (χ1n) is 15.0. The van der Waals surface area contributed by atoms with Crippen LogP contribution in [0.15, 0.2) is 12.2 Å². The molecule has 0 saturated carbocycles. The Morgan fingerprint density at radius 2 is 0.727 bits per heavy atom. The Kier molecular flexibility index (Phi) is 26.8.